The highest BCUT2D eigenvalue weighted by Crippen LogP contribution is 2.24. The number of halogens is 1. The lowest BCUT2D eigenvalue weighted by Gasteiger charge is -2.20. The van der Waals surface area contributed by atoms with Gasteiger partial charge in [0.05, 0.1) is 13.2 Å². The van der Waals surface area contributed by atoms with Gasteiger partial charge in [0.1, 0.15) is 5.75 Å². The summed E-state index contributed by atoms with van der Waals surface area (Å²) >= 11 is 5.88. The molecule has 2 amide bonds. The van der Waals surface area contributed by atoms with Crippen molar-refractivity contribution < 1.29 is 9.53 Å². The fourth-order valence-corrected chi connectivity index (χ4v) is 2.76. The lowest BCUT2D eigenvalue weighted by molar-refractivity contribution is 0.250. The van der Waals surface area contributed by atoms with Crippen LogP contribution in [0.25, 0.3) is 0 Å². The number of benzene rings is 3. The molecule has 0 saturated heterocycles. The second-order valence-corrected chi connectivity index (χ2v) is 6.16. The molecule has 26 heavy (non-hydrogen) atoms. The van der Waals surface area contributed by atoms with Crippen molar-refractivity contribution in [2.24, 2.45) is 0 Å². The summed E-state index contributed by atoms with van der Waals surface area (Å²) < 4.78 is 5.21. The molecule has 2 N–H and O–H groups in total. The van der Waals surface area contributed by atoms with Crippen molar-refractivity contribution in [1.82, 2.24) is 5.32 Å². The van der Waals surface area contributed by atoms with Crippen molar-refractivity contribution in [1.29, 1.82) is 0 Å². The van der Waals surface area contributed by atoms with Gasteiger partial charge in [-0.3, -0.25) is 0 Å². The third-order valence-electron chi connectivity index (χ3n) is 3.96. The highest BCUT2D eigenvalue weighted by molar-refractivity contribution is 6.30. The minimum Gasteiger partial charge on any atom is -0.497 e. The Bertz CT molecular complexity index is 849. The average molecular weight is 367 g/mol. The van der Waals surface area contributed by atoms with E-state index >= 15 is 0 Å². The zero-order valence-corrected chi connectivity index (χ0v) is 15.0. The van der Waals surface area contributed by atoms with E-state index in [1.807, 2.05) is 54.6 Å². The molecule has 3 aromatic rings. The van der Waals surface area contributed by atoms with Crippen LogP contribution >= 0.6 is 11.6 Å². The molecule has 132 valence electrons. The largest absolute Gasteiger partial charge is 0.497 e. The number of nitrogens with one attached hydrogen (secondary N) is 2. The fraction of sp³-hybridized carbons (Fsp3) is 0.0952. The Morgan fingerprint density at radius 2 is 1.50 bits per heavy atom. The molecule has 0 heterocycles. The molecule has 3 aromatic carbocycles. The molecule has 4 nitrogen and oxygen atoms in total. The Hall–Kier alpha value is -2.98. The first-order valence-electron chi connectivity index (χ1n) is 8.17. The van der Waals surface area contributed by atoms with Crippen molar-refractivity contribution >= 4 is 23.3 Å². The molecule has 1 atom stereocenters. The monoisotopic (exact) mass is 366 g/mol. The van der Waals surface area contributed by atoms with E-state index in [-0.39, 0.29) is 12.1 Å². The highest BCUT2D eigenvalue weighted by Gasteiger charge is 2.17. The third kappa shape index (κ3) is 4.55. The zero-order chi connectivity index (χ0) is 18.4. The van der Waals surface area contributed by atoms with Gasteiger partial charge < -0.3 is 15.4 Å². The number of hydrogen-bond acceptors (Lipinski definition) is 2. The van der Waals surface area contributed by atoms with Crippen LogP contribution in [0.4, 0.5) is 10.5 Å². The number of rotatable bonds is 5. The fourth-order valence-electron chi connectivity index (χ4n) is 2.63. The van der Waals surface area contributed by atoms with Gasteiger partial charge in [0.15, 0.2) is 0 Å². The number of hydrogen-bond donors (Lipinski definition) is 2. The summed E-state index contributed by atoms with van der Waals surface area (Å²) in [6, 6.07) is 23.9. The van der Waals surface area contributed by atoms with E-state index in [0.29, 0.717) is 10.7 Å². The lowest BCUT2D eigenvalue weighted by Crippen LogP contribution is -2.33. The maximum atomic E-state index is 12.5. The van der Waals surface area contributed by atoms with Gasteiger partial charge in [-0.2, -0.15) is 0 Å². The van der Waals surface area contributed by atoms with E-state index < -0.39 is 0 Å². The molecule has 5 heteroatoms. The summed E-state index contributed by atoms with van der Waals surface area (Å²) in [5, 5.41) is 6.48. The maximum Gasteiger partial charge on any atom is 0.319 e. The molecule has 1 unspecified atom stereocenters. The summed E-state index contributed by atoms with van der Waals surface area (Å²) in [5.74, 6) is 0.770. The molecular weight excluding hydrogens is 348 g/mol. The summed E-state index contributed by atoms with van der Waals surface area (Å²) in [6.45, 7) is 0. The SMILES string of the molecule is COc1ccc(C(NC(=O)Nc2ccc(Cl)cc2)c2ccccc2)cc1. The zero-order valence-electron chi connectivity index (χ0n) is 14.3. The second-order valence-electron chi connectivity index (χ2n) is 5.72. The van der Waals surface area contributed by atoms with Crippen LogP contribution < -0.4 is 15.4 Å². The number of urea groups is 1. The maximum absolute atomic E-state index is 12.5. The van der Waals surface area contributed by atoms with E-state index in [9.17, 15) is 4.79 Å². The van der Waals surface area contributed by atoms with Crippen LogP contribution in [-0.4, -0.2) is 13.1 Å². The number of ether oxygens (including phenoxy) is 1. The minimum absolute atomic E-state index is 0.283. The number of amides is 2. The van der Waals surface area contributed by atoms with Crippen molar-refractivity contribution in [3.8, 4) is 5.75 Å². The predicted octanol–water partition coefficient (Wildman–Crippen LogP) is 5.26. The van der Waals surface area contributed by atoms with E-state index in [1.54, 1.807) is 31.4 Å². The predicted molar refractivity (Wildman–Crippen MR) is 105 cm³/mol. The molecule has 3 rings (SSSR count). The quantitative estimate of drug-likeness (QED) is 0.647. The Balaban J connectivity index is 1.81. The van der Waals surface area contributed by atoms with Gasteiger partial charge in [0.25, 0.3) is 0 Å². The molecule has 0 saturated carbocycles. The van der Waals surface area contributed by atoms with Crippen LogP contribution in [0.15, 0.2) is 78.9 Å². The first-order chi connectivity index (χ1) is 12.7. The van der Waals surface area contributed by atoms with Crippen LogP contribution in [0.1, 0.15) is 17.2 Å². The van der Waals surface area contributed by atoms with Crippen LogP contribution in [0.2, 0.25) is 5.02 Å². The summed E-state index contributed by atoms with van der Waals surface area (Å²) in [4.78, 5) is 12.5. The smallest absolute Gasteiger partial charge is 0.319 e. The third-order valence-corrected chi connectivity index (χ3v) is 4.21. The normalized spacial score (nSPS) is 11.5. The standard InChI is InChI=1S/C21H19ClN2O2/c1-26-19-13-7-16(8-14-19)20(15-5-3-2-4-6-15)24-21(25)23-18-11-9-17(22)10-12-18/h2-14,20H,1H3,(H2,23,24,25). The van der Waals surface area contributed by atoms with Crippen molar-refractivity contribution in [3.05, 3.63) is 95.0 Å². The second kappa shape index (κ2) is 8.41. The van der Waals surface area contributed by atoms with Crippen LogP contribution in [-0.2, 0) is 0 Å². The van der Waals surface area contributed by atoms with Crippen molar-refractivity contribution in [3.63, 3.8) is 0 Å². The number of carbonyl (C=O) groups is 1. The Labute approximate surface area is 157 Å². The molecule has 0 spiro atoms. The van der Waals surface area contributed by atoms with Crippen molar-refractivity contribution in [2.75, 3.05) is 12.4 Å². The number of methoxy groups -OCH3 is 1. The van der Waals surface area contributed by atoms with Gasteiger partial charge in [-0.25, -0.2) is 4.79 Å². The summed E-state index contributed by atoms with van der Waals surface area (Å²) in [7, 11) is 1.63. The van der Waals surface area contributed by atoms with Gasteiger partial charge in [-0.05, 0) is 47.5 Å². The van der Waals surface area contributed by atoms with Gasteiger partial charge in [0, 0.05) is 10.7 Å². The van der Waals surface area contributed by atoms with Gasteiger partial charge >= 0.3 is 6.03 Å². The Morgan fingerprint density at radius 1 is 0.885 bits per heavy atom. The van der Waals surface area contributed by atoms with E-state index in [2.05, 4.69) is 10.6 Å². The van der Waals surface area contributed by atoms with Crippen LogP contribution in [0.5, 0.6) is 5.75 Å². The summed E-state index contributed by atoms with van der Waals surface area (Å²) in [6.07, 6.45) is 0. The van der Waals surface area contributed by atoms with Gasteiger partial charge in [-0.1, -0.05) is 54.1 Å². The first-order valence-corrected chi connectivity index (χ1v) is 8.55. The molecule has 0 aliphatic rings. The Kier molecular flexibility index (Phi) is 5.77. The highest BCUT2D eigenvalue weighted by atomic mass is 35.5. The molecule has 0 aliphatic heterocycles. The molecule has 0 radical (unpaired) electrons. The number of carbonyl (C=O) groups excluding carboxylic acids is 1. The van der Waals surface area contributed by atoms with Gasteiger partial charge in [0.2, 0.25) is 0 Å². The molecular formula is C21H19ClN2O2. The molecule has 0 aliphatic carbocycles. The van der Waals surface area contributed by atoms with Crippen molar-refractivity contribution in [2.45, 2.75) is 6.04 Å². The van der Waals surface area contributed by atoms with E-state index in [4.69, 9.17) is 16.3 Å². The lowest BCUT2D eigenvalue weighted by atomic mass is 9.99. The molecule has 0 fully saturated rings. The van der Waals surface area contributed by atoms with Crippen LogP contribution in [0, 0.1) is 0 Å². The minimum atomic E-state index is -0.294. The molecule has 0 aromatic heterocycles. The average Bonchev–Trinajstić information content (AvgIpc) is 2.69. The van der Waals surface area contributed by atoms with Gasteiger partial charge in [-0.15, -0.1) is 0 Å². The van der Waals surface area contributed by atoms with E-state index in [0.717, 1.165) is 16.9 Å². The Morgan fingerprint density at radius 3 is 2.12 bits per heavy atom. The van der Waals surface area contributed by atoms with E-state index in [1.165, 1.54) is 0 Å². The topological polar surface area (TPSA) is 50.4 Å². The first kappa shape index (κ1) is 17.8. The van der Waals surface area contributed by atoms with Crippen LogP contribution in [0.3, 0.4) is 0 Å². The number of anilines is 1. The summed E-state index contributed by atoms with van der Waals surface area (Å²) in [5.41, 5.74) is 2.63. The molecule has 0 bridgehead atoms.